The predicted molar refractivity (Wildman–Crippen MR) is 80.2 cm³/mol. The van der Waals surface area contributed by atoms with Gasteiger partial charge in [0.25, 0.3) is 0 Å². The number of alkyl halides is 2. The Morgan fingerprint density at radius 2 is 2.09 bits per heavy atom. The van der Waals surface area contributed by atoms with Crippen molar-refractivity contribution in [3.63, 3.8) is 0 Å². The van der Waals surface area contributed by atoms with Gasteiger partial charge in [0.15, 0.2) is 0 Å². The molecule has 0 aliphatic carbocycles. The van der Waals surface area contributed by atoms with Crippen molar-refractivity contribution in [1.29, 1.82) is 0 Å². The molecule has 0 saturated heterocycles. The molecule has 0 atom stereocenters. The average molecular weight is 334 g/mol. The predicted octanol–water partition coefficient (Wildman–Crippen LogP) is 3.35. The molecule has 2 amide bonds. The molecule has 1 rings (SSSR count). The largest absolute Gasteiger partial charge is 0.433 e. The molecule has 0 unspecified atom stereocenters. The fourth-order valence-electron chi connectivity index (χ4n) is 1.81. The quantitative estimate of drug-likeness (QED) is 0.639. The van der Waals surface area contributed by atoms with Crippen LogP contribution in [-0.4, -0.2) is 30.9 Å². The number of amides is 2. The van der Waals surface area contributed by atoms with Crippen molar-refractivity contribution in [1.82, 2.24) is 5.32 Å². The van der Waals surface area contributed by atoms with Crippen LogP contribution in [0.4, 0.5) is 23.7 Å². The van der Waals surface area contributed by atoms with E-state index in [1.807, 2.05) is 13.8 Å². The van der Waals surface area contributed by atoms with E-state index in [9.17, 15) is 18.0 Å². The van der Waals surface area contributed by atoms with Crippen molar-refractivity contribution in [2.45, 2.75) is 33.3 Å². The van der Waals surface area contributed by atoms with Crippen LogP contribution in [0.3, 0.4) is 0 Å². The molecule has 0 aliphatic rings. The van der Waals surface area contributed by atoms with Crippen LogP contribution in [0.25, 0.3) is 0 Å². The Kier molecular flexibility index (Phi) is 7.15. The Hall–Kier alpha value is -1.96. The Morgan fingerprint density at radius 1 is 1.39 bits per heavy atom. The SMILES string of the molecule is CC(C)(CO)CCCNC(=O)Nc1cc(F)ccc1OC(F)F. The summed E-state index contributed by atoms with van der Waals surface area (Å²) in [5.74, 6) is -1.01. The summed E-state index contributed by atoms with van der Waals surface area (Å²) < 4.78 is 41.9. The van der Waals surface area contributed by atoms with Gasteiger partial charge in [0, 0.05) is 19.2 Å². The molecule has 0 aromatic heterocycles. The molecule has 0 heterocycles. The Labute approximate surface area is 132 Å². The second kappa shape index (κ2) is 8.61. The molecule has 23 heavy (non-hydrogen) atoms. The summed E-state index contributed by atoms with van der Waals surface area (Å²) in [5, 5.41) is 13.9. The molecular formula is C15H21F3N2O3. The minimum atomic E-state index is -3.08. The highest BCUT2D eigenvalue weighted by molar-refractivity contribution is 5.90. The second-order valence-electron chi connectivity index (χ2n) is 5.83. The van der Waals surface area contributed by atoms with E-state index in [0.717, 1.165) is 18.2 Å². The summed E-state index contributed by atoms with van der Waals surface area (Å²) in [4.78, 5) is 11.7. The zero-order valence-electron chi connectivity index (χ0n) is 13.0. The summed E-state index contributed by atoms with van der Waals surface area (Å²) in [6, 6.07) is 2.21. The summed E-state index contributed by atoms with van der Waals surface area (Å²) >= 11 is 0. The first-order chi connectivity index (χ1) is 10.7. The summed E-state index contributed by atoms with van der Waals surface area (Å²) in [6.45, 7) is 1.08. The van der Waals surface area contributed by atoms with E-state index in [1.54, 1.807) is 0 Å². The van der Waals surface area contributed by atoms with E-state index < -0.39 is 18.5 Å². The van der Waals surface area contributed by atoms with E-state index in [1.165, 1.54) is 0 Å². The van der Waals surface area contributed by atoms with Crippen molar-refractivity contribution in [3.8, 4) is 5.75 Å². The van der Waals surface area contributed by atoms with E-state index in [0.29, 0.717) is 19.4 Å². The van der Waals surface area contributed by atoms with Gasteiger partial charge in [0.2, 0.25) is 0 Å². The van der Waals surface area contributed by atoms with Crippen molar-refractivity contribution in [2.24, 2.45) is 5.41 Å². The number of urea groups is 1. The van der Waals surface area contributed by atoms with Gasteiger partial charge in [0.1, 0.15) is 11.6 Å². The van der Waals surface area contributed by atoms with Crippen LogP contribution in [0, 0.1) is 11.2 Å². The van der Waals surface area contributed by atoms with Crippen molar-refractivity contribution in [3.05, 3.63) is 24.0 Å². The van der Waals surface area contributed by atoms with Gasteiger partial charge in [-0.15, -0.1) is 0 Å². The number of anilines is 1. The van der Waals surface area contributed by atoms with Gasteiger partial charge in [0.05, 0.1) is 5.69 Å². The Bertz CT molecular complexity index is 525. The third kappa shape index (κ3) is 7.23. The molecule has 1 aromatic carbocycles. The number of aliphatic hydroxyl groups excluding tert-OH is 1. The van der Waals surface area contributed by atoms with Gasteiger partial charge >= 0.3 is 12.6 Å². The standard InChI is InChI=1S/C15H21F3N2O3/c1-15(2,9-21)6-3-7-19-14(22)20-11-8-10(16)4-5-12(11)23-13(17)18/h4-5,8,13,21H,3,6-7,9H2,1-2H3,(H2,19,20,22). The van der Waals surface area contributed by atoms with Gasteiger partial charge in [-0.25, -0.2) is 9.18 Å². The van der Waals surface area contributed by atoms with Gasteiger partial charge < -0.3 is 20.5 Å². The van der Waals surface area contributed by atoms with Gasteiger partial charge in [-0.2, -0.15) is 8.78 Å². The van der Waals surface area contributed by atoms with Crippen LogP contribution in [-0.2, 0) is 0 Å². The fraction of sp³-hybridized carbons (Fsp3) is 0.533. The highest BCUT2D eigenvalue weighted by Crippen LogP contribution is 2.27. The lowest BCUT2D eigenvalue weighted by Crippen LogP contribution is -2.30. The lowest BCUT2D eigenvalue weighted by molar-refractivity contribution is -0.0494. The second-order valence-corrected chi connectivity index (χ2v) is 5.83. The number of rotatable bonds is 8. The number of benzene rings is 1. The monoisotopic (exact) mass is 334 g/mol. The Morgan fingerprint density at radius 3 is 2.70 bits per heavy atom. The average Bonchev–Trinajstić information content (AvgIpc) is 2.46. The number of carbonyl (C=O) groups excluding carboxylic acids is 1. The normalized spacial score (nSPS) is 11.4. The minimum absolute atomic E-state index is 0.0385. The minimum Gasteiger partial charge on any atom is -0.433 e. The first-order valence-corrected chi connectivity index (χ1v) is 7.13. The van der Waals surface area contributed by atoms with Crippen LogP contribution in [0.15, 0.2) is 18.2 Å². The smallest absolute Gasteiger partial charge is 0.387 e. The molecule has 130 valence electrons. The molecule has 8 heteroatoms. The summed E-state index contributed by atoms with van der Waals surface area (Å²) in [5.41, 5.74) is -0.419. The maximum absolute atomic E-state index is 13.2. The fourth-order valence-corrected chi connectivity index (χ4v) is 1.81. The van der Waals surface area contributed by atoms with E-state index in [-0.39, 0.29) is 23.5 Å². The number of ether oxygens (including phenoxy) is 1. The maximum atomic E-state index is 13.2. The van der Waals surface area contributed by atoms with Gasteiger partial charge in [-0.3, -0.25) is 0 Å². The number of nitrogens with one attached hydrogen (secondary N) is 2. The number of hydrogen-bond acceptors (Lipinski definition) is 3. The van der Waals surface area contributed by atoms with Crippen molar-refractivity contribution < 1.29 is 27.8 Å². The molecular weight excluding hydrogens is 313 g/mol. The summed E-state index contributed by atoms with van der Waals surface area (Å²) in [7, 11) is 0. The number of carbonyl (C=O) groups is 1. The van der Waals surface area contributed by atoms with E-state index in [2.05, 4.69) is 15.4 Å². The molecule has 5 nitrogen and oxygen atoms in total. The molecule has 0 aliphatic heterocycles. The first-order valence-electron chi connectivity index (χ1n) is 7.13. The first kappa shape index (κ1) is 19.1. The molecule has 1 aromatic rings. The van der Waals surface area contributed by atoms with Gasteiger partial charge in [-0.05, 0) is 30.4 Å². The molecule has 0 fully saturated rings. The molecule has 0 saturated carbocycles. The van der Waals surface area contributed by atoms with Gasteiger partial charge in [-0.1, -0.05) is 13.8 Å². The van der Waals surface area contributed by atoms with Crippen LogP contribution in [0.2, 0.25) is 0 Å². The molecule has 0 radical (unpaired) electrons. The molecule has 3 N–H and O–H groups in total. The number of halogens is 3. The Balaban J connectivity index is 2.52. The van der Waals surface area contributed by atoms with E-state index in [4.69, 9.17) is 5.11 Å². The van der Waals surface area contributed by atoms with Crippen LogP contribution < -0.4 is 15.4 Å². The van der Waals surface area contributed by atoms with Crippen LogP contribution >= 0.6 is 0 Å². The number of aliphatic hydroxyl groups is 1. The van der Waals surface area contributed by atoms with Crippen LogP contribution in [0.5, 0.6) is 5.75 Å². The zero-order chi connectivity index (χ0) is 17.5. The summed E-state index contributed by atoms with van der Waals surface area (Å²) in [6.07, 6.45) is 1.33. The molecule has 0 spiro atoms. The third-order valence-electron chi connectivity index (χ3n) is 3.15. The third-order valence-corrected chi connectivity index (χ3v) is 3.15. The molecule has 0 bridgehead atoms. The number of hydrogen-bond donors (Lipinski definition) is 3. The highest BCUT2D eigenvalue weighted by Gasteiger charge is 2.16. The lowest BCUT2D eigenvalue weighted by Gasteiger charge is -2.21. The highest BCUT2D eigenvalue weighted by atomic mass is 19.3. The van der Waals surface area contributed by atoms with Crippen molar-refractivity contribution >= 4 is 11.7 Å². The van der Waals surface area contributed by atoms with E-state index >= 15 is 0 Å². The lowest BCUT2D eigenvalue weighted by atomic mass is 9.89. The van der Waals surface area contributed by atoms with Crippen molar-refractivity contribution in [2.75, 3.05) is 18.5 Å². The zero-order valence-corrected chi connectivity index (χ0v) is 13.0. The van der Waals surface area contributed by atoms with Crippen LogP contribution in [0.1, 0.15) is 26.7 Å². The maximum Gasteiger partial charge on any atom is 0.387 e. The topological polar surface area (TPSA) is 70.6 Å².